The molecular formula is C20H28O2. The molecule has 0 aromatic rings. The zero-order valence-corrected chi connectivity index (χ0v) is 13.8. The van der Waals surface area contributed by atoms with E-state index in [1.165, 1.54) is 32.1 Å². The molecule has 0 bridgehead atoms. The quantitative estimate of drug-likeness (QED) is 0.749. The van der Waals surface area contributed by atoms with Crippen LogP contribution >= 0.6 is 0 Å². The summed E-state index contributed by atoms with van der Waals surface area (Å²) in [5.74, 6) is 2.81. The van der Waals surface area contributed by atoms with E-state index < -0.39 is 0 Å². The van der Waals surface area contributed by atoms with E-state index in [1.54, 1.807) is 0 Å². The zero-order valence-electron chi connectivity index (χ0n) is 13.8. The van der Waals surface area contributed by atoms with Gasteiger partial charge in [-0.25, -0.2) is 0 Å². The maximum atomic E-state index is 11.5. The summed E-state index contributed by atoms with van der Waals surface area (Å²) in [4.78, 5) is 11.5. The number of aldehydes is 1. The van der Waals surface area contributed by atoms with E-state index in [2.05, 4.69) is 19.9 Å². The summed E-state index contributed by atoms with van der Waals surface area (Å²) < 4.78 is 0. The van der Waals surface area contributed by atoms with E-state index in [-0.39, 0.29) is 16.9 Å². The van der Waals surface area contributed by atoms with Crippen LogP contribution in [0.2, 0.25) is 0 Å². The van der Waals surface area contributed by atoms with Crippen LogP contribution in [0.5, 0.6) is 0 Å². The van der Waals surface area contributed by atoms with Crippen molar-refractivity contribution in [3.8, 4) is 0 Å². The van der Waals surface area contributed by atoms with Gasteiger partial charge in [-0.1, -0.05) is 19.9 Å². The summed E-state index contributed by atoms with van der Waals surface area (Å²) in [7, 11) is 0. The normalized spacial score (nSPS) is 61.6. The maximum Gasteiger partial charge on any atom is 0.146 e. The largest absolute Gasteiger partial charge is 0.393 e. The minimum Gasteiger partial charge on any atom is -0.393 e. The van der Waals surface area contributed by atoms with Gasteiger partial charge in [-0.15, -0.1) is 0 Å². The molecule has 5 rings (SSSR count). The molecule has 5 aliphatic rings. The van der Waals surface area contributed by atoms with Crippen LogP contribution in [0.25, 0.3) is 0 Å². The van der Waals surface area contributed by atoms with Crippen molar-refractivity contribution in [1.29, 1.82) is 0 Å². The van der Waals surface area contributed by atoms with E-state index in [0.29, 0.717) is 17.3 Å². The molecular weight excluding hydrogens is 272 g/mol. The third kappa shape index (κ3) is 1.25. The van der Waals surface area contributed by atoms with Gasteiger partial charge in [-0.3, -0.25) is 4.79 Å². The molecule has 2 nitrogen and oxygen atoms in total. The Hall–Kier alpha value is -0.630. The van der Waals surface area contributed by atoms with Crippen molar-refractivity contribution in [1.82, 2.24) is 0 Å². The minimum absolute atomic E-state index is 0.0883. The highest BCUT2D eigenvalue weighted by atomic mass is 16.3. The van der Waals surface area contributed by atoms with Crippen molar-refractivity contribution in [3.63, 3.8) is 0 Å². The number of aliphatic hydroxyl groups excluding tert-OH is 1. The molecule has 0 aromatic heterocycles. The predicted molar refractivity (Wildman–Crippen MR) is 85.1 cm³/mol. The van der Waals surface area contributed by atoms with Gasteiger partial charge >= 0.3 is 0 Å². The number of carbonyl (C=O) groups excluding carboxylic acids is 1. The lowest BCUT2D eigenvalue weighted by atomic mass is 9.45. The number of allylic oxidation sites excluding steroid dienone is 2. The summed E-state index contributed by atoms with van der Waals surface area (Å²) >= 11 is 0. The van der Waals surface area contributed by atoms with Gasteiger partial charge in [0.1, 0.15) is 6.29 Å². The first-order chi connectivity index (χ1) is 10.5. The van der Waals surface area contributed by atoms with E-state index >= 15 is 0 Å². The minimum atomic E-state index is -0.0890. The highest BCUT2D eigenvalue weighted by molar-refractivity contribution is 5.76. The van der Waals surface area contributed by atoms with Crippen LogP contribution in [-0.2, 0) is 4.79 Å². The van der Waals surface area contributed by atoms with Gasteiger partial charge in [0.05, 0.1) is 6.10 Å². The monoisotopic (exact) mass is 300 g/mol. The summed E-state index contributed by atoms with van der Waals surface area (Å²) in [6, 6.07) is 0. The lowest BCUT2D eigenvalue weighted by Crippen LogP contribution is -2.56. The van der Waals surface area contributed by atoms with Crippen LogP contribution in [-0.4, -0.2) is 17.5 Å². The molecule has 2 heteroatoms. The zero-order chi connectivity index (χ0) is 15.3. The first-order valence-corrected chi connectivity index (χ1v) is 9.31. The summed E-state index contributed by atoms with van der Waals surface area (Å²) in [6.07, 6.45) is 11.7. The molecule has 0 unspecified atom stereocenters. The Morgan fingerprint density at radius 3 is 2.77 bits per heavy atom. The van der Waals surface area contributed by atoms with Crippen LogP contribution in [0.4, 0.5) is 0 Å². The smallest absolute Gasteiger partial charge is 0.146 e. The van der Waals surface area contributed by atoms with Crippen LogP contribution < -0.4 is 0 Å². The van der Waals surface area contributed by atoms with Crippen LogP contribution in [0.15, 0.2) is 11.6 Å². The SMILES string of the molecule is C[C@]12CC[C@H]3[C@@H](C[C@@H](O)[C@]45C[C@H]4CC[C@]35C)[C@@H]1CC=C2C=O. The molecule has 1 N–H and O–H groups in total. The predicted octanol–water partition coefficient (Wildman–Crippen LogP) is 3.74. The third-order valence-electron chi connectivity index (χ3n) is 9.34. The van der Waals surface area contributed by atoms with Gasteiger partial charge in [0.15, 0.2) is 0 Å². The molecule has 0 aromatic carbocycles. The van der Waals surface area contributed by atoms with Gasteiger partial charge in [0, 0.05) is 5.41 Å². The number of aliphatic hydroxyl groups is 1. The number of rotatable bonds is 1. The van der Waals surface area contributed by atoms with Crippen molar-refractivity contribution in [2.24, 2.45) is 39.9 Å². The Balaban J connectivity index is 1.54. The fourth-order valence-corrected chi connectivity index (χ4v) is 8.09. The van der Waals surface area contributed by atoms with Gasteiger partial charge in [-0.2, -0.15) is 0 Å². The Morgan fingerprint density at radius 2 is 2.05 bits per heavy atom. The van der Waals surface area contributed by atoms with E-state index in [4.69, 9.17) is 0 Å². The van der Waals surface area contributed by atoms with Gasteiger partial charge in [0.2, 0.25) is 0 Å². The molecule has 5 aliphatic carbocycles. The Kier molecular flexibility index (Phi) is 2.43. The number of carbonyl (C=O) groups is 1. The fourth-order valence-electron chi connectivity index (χ4n) is 8.09. The molecule has 1 spiro atoms. The summed E-state index contributed by atoms with van der Waals surface area (Å²) in [5, 5.41) is 11.0. The molecule has 120 valence electrons. The van der Waals surface area contributed by atoms with E-state index in [0.717, 1.165) is 36.5 Å². The van der Waals surface area contributed by atoms with Crippen molar-refractivity contribution in [2.45, 2.75) is 64.9 Å². The topological polar surface area (TPSA) is 37.3 Å². The lowest BCUT2D eigenvalue weighted by molar-refractivity contribution is -0.143. The van der Waals surface area contributed by atoms with Crippen molar-refractivity contribution in [3.05, 3.63) is 11.6 Å². The number of fused-ring (bicyclic) bond motifs is 4. The fraction of sp³-hybridized carbons (Fsp3) is 0.850. The molecule has 22 heavy (non-hydrogen) atoms. The molecule has 0 heterocycles. The Morgan fingerprint density at radius 1 is 1.23 bits per heavy atom. The summed E-state index contributed by atoms with van der Waals surface area (Å²) in [6.45, 7) is 4.82. The van der Waals surface area contributed by atoms with E-state index in [1.807, 2.05) is 0 Å². The van der Waals surface area contributed by atoms with Gasteiger partial charge < -0.3 is 5.11 Å². The molecule has 4 fully saturated rings. The summed E-state index contributed by atoms with van der Waals surface area (Å²) in [5.41, 5.74) is 1.78. The average Bonchev–Trinajstić information content (AvgIpc) is 3.02. The molecule has 0 aliphatic heterocycles. The lowest BCUT2D eigenvalue weighted by Gasteiger charge is -2.59. The maximum absolute atomic E-state index is 11.5. The van der Waals surface area contributed by atoms with Crippen molar-refractivity contribution >= 4 is 6.29 Å². The highest BCUT2D eigenvalue weighted by Crippen LogP contribution is 2.81. The van der Waals surface area contributed by atoms with Gasteiger partial charge in [0.25, 0.3) is 0 Å². The van der Waals surface area contributed by atoms with Crippen LogP contribution in [0.3, 0.4) is 0 Å². The molecule has 0 amide bonds. The standard InChI is InChI=1S/C20H28O2/c1-18-7-6-16-14(15(18)4-3-13(18)11-21)9-17(22)20-10-12(20)5-8-19(16,20)2/h3,11-12,14-17,22H,4-10H2,1-2H3/t12-,14+,15+,16+,17-,18-,19-,20+/m1/s1. The van der Waals surface area contributed by atoms with E-state index in [9.17, 15) is 9.90 Å². The van der Waals surface area contributed by atoms with Crippen molar-refractivity contribution in [2.75, 3.05) is 0 Å². The number of hydrogen-bond acceptors (Lipinski definition) is 2. The van der Waals surface area contributed by atoms with Crippen molar-refractivity contribution < 1.29 is 9.90 Å². The first kappa shape index (κ1) is 13.8. The molecule has 0 radical (unpaired) electrons. The molecule has 0 saturated heterocycles. The first-order valence-electron chi connectivity index (χ1n) is 9.31. The third-order valence-corrected chi connectivity index (χ3v) is 9.34. The van der Waals surface area contributed by atoms with Crippen LogP contribution in [0, 0.1) is 39.9 Å². The second-order valence-corrected chi connectivity index (χ2v) is 9.50. The molecule has 4 saturated carbocycles. The average molecular weight is 300 g/mol. The Bertz CT molecular complexity index is 580. The number of hydrogen-bond donors (Lipinski definition) is 1. The Labute approximate surface area is 133 Å². The second kappa shape index (κ2) is 3.88. The second-order valence-electron chi connectivity index (χ2n) is 9.50. The van der Waals surface area contributed by atoms with Gasteiger partial charge in [-0.05, 0) is 85.0 Å². The molecule has 8 atom stereocenters. The van der Waals surface area contributed by atoms with Crippen LogP contribution in [0.1, 0.15) is 58.8 Å². The highest BCUT2D eigenvalue weighted by Gasteiger charge is 2.76.